The van der Waals surface area contributed by atoms with Crippen LogP contribution in [0.4, 0.5) is 4.39 Å². The predicted octanol–water partition coefficient (Wildman–Crippen LogP) is 4.90. The largest absolute Gasteiger partial charge is 0.507 e. The zero-order valence-electron chi connectivity index (χ0n) is 11.7. The SMILES string of the molecule is CCc1ccc(Cc2ccc(F)cc2Cl)c(O)c1CC. The summed E-state index contributed by atoms with van der Waals surface area (Å²) in [6.45, 7) is 4.10. The van der Waals surface area contributed by atoms with Crippen molar-refractivity contribution in [1.82, 2.24) is 0 Å². The Morgan fingerprint density at radius 2 is 1.65 bits per heavy atom. The summed E-state index contributed by atoms with van der Waals surface area (Å²) >= 11 is 6.04. The van der Waals surface area contributed by atoms with E-state index >= 15 is 0 Å². The van der Waals surface area contributed by atoms with Gasteiger partial charge in [-0.2, -0.15) is 0 Å². The molecule has 0 aliphatic rings. The van der Waals surface area contributed by atoms with Gasteiger partial charge in [0.1, 0.15) is 11.6 Å². The second-order valence-corrected chi connectivity index (χ2v) is 5.24. The molecule has 3 heteroatoms. The molecular formula is C17H18ClFO. The molecule has 0 spiro atoms. The molecule has 0 amide bonds. The molecule has 20 heavy (non-hydrogen) atoms. The minimum absolute atomic E-state index is 0.340. The fourth-order valence-electron chi connectivity index (χ4n) is 2.47. The first-order chi connectivity index (χ1) is 9.56. The Morgan fingerprint density at radius 3 is 2.25 bits per heavy atom. The van der Waals surface area contributed by atoms with Crippen LogP contribution in [0.1, 0.15) is 36.1 Å². The topological polar surface area (TPSA) is 20.2 Å². The van der Waals surface area contributed by atoms with Gasteiger partial charge in [-0.1, -0.05) is 43.6 Å². The number of hydrogen-bond acceptors (Lipinski definition) is 1. The fourth-order valence-corrected chi connectivity index (χ4v) is 2.70. The van der Waals surface area contributed by atoms with Crippen LogP contribution >= 0.6 is 11.6 Å². The van der Waals surface area contributed by atoms with E-state index in [9.17, 15) is 9.50 Å². The first-order valence-electron chi connectivity index (χ1n) is 6.83. The third-order valence-corrected chi connectivity index (χ3v) is 3.95. The Labute approximate surface area is 124 Å². The standard InChI is InChI=1S/C17H18ClFO/c1-3-11-5-6-13(17(20)15(11)4-2)9-12-7-8-14(19)10-16(12)18/h5-8,10,20H,3-4,9H2,1-2H3. The second kappa shape index (κ2) is 6.27. The van der Waals surface area contributed by atoms with Crippen LogP contribution < -0.4 is 0 Å². The highest BCUT2D eigenvalue weighted by Crippen LogP contribution is 2.30. The number of benzene rings is 2. The predicted molar refractivity (Wildman–Crippen MR) is 81.1 cm³/mol. The van der Waals surface area contributed by atoms with Crippen LogP contribution in [-0.4, -0.2) is 5.11 Å². The highest BCUT2D eigenvalue weighted by Gasteiger charge is 2.12. The van der Waals surface area contributed by atoms with Crippen molar-refractivity contribution in [2.75, 3.05) is 0 Å². The Kier molecular flexibility index (Phi) is 4.66. The summed E-state index contributed by atoms with van der Waals surface area (Å²) in [5.41, 5.74) is 3.80. The van der Waals surface area contributed by atoms with Gasteiger partial charge in [0.05, 0.1) is 0 Å². The molecule has 0 atom stereocenters. The maximum atomic E-state index is 13.0. The van der Waals surface area contributed by atoms with Gasteiger partial charge < -0.3 is 5.11 Å². The van der Waals surface area contributed by atoms with Gasteiger partial charge in [-0.25, -0.2) is 4.39 Å². The number of halogens is 2. The van der Waals surface area contributed by atoms with Crippen molar-refractivity contribution in [3.63, 3.8) is 0 Å². The summed E-state index contributed by atoms with van der Waals surface area (Å²) in [5.74, 6) is -0.00853. The van der Waals surface area contributed by atoms with Crippen LogP contribution in [-0.2, 0) is 19.3 Å². The highest BCUT2D eigenvalue weighted by molar-refractivity contribution is 6.31. The molecule has 2 aromatic rings. The van der Waals surface area contributed by atoms with Crippen LogP contribution in [0.2, 0.25) is 5.02 Å². The number of aryl methyl sites for hydroxylation is 1. The molecule has 0 saturated carbocycles. The normalized spacial score (nSPS) is 10.8. The zero-order chi connectivity index (χ0) is 14.7. The minimum atomic E-state index is -0.349. The molecule has 2 aromatic carbocycles. The highest BCUT2D eigenvalue weighted by atomic mass is 35.5. The van der Waals surface area contributed by atoms with Gasteiger partial charge in [-0.05, 0) is 47.2 Å². The van der Waals surface area contributed by atoms with Gasteiger partial charge in [0.15, 0.2) is 0 Å². The average molecular weight is 293 g/mol. The van der Waals surface area contributed by atoms with Crippen molar-refractivity contribution in [2.24, 2.45) is 0 Å². The van der Waals surface area contributed by atoms with Crippen LogP contribution in [0, 0.1) is 5.82 Å². The number of phenols is 1. The third-order valence-electron chi connectivity index (χ3n) is 3.59. The zero-order valence-corrected chi connectivity index (χ0v) is 12.5. The van der Waals surface area contributed by atoms with Crippen molar-refractivity contribution in [3.8, 4) is 5.75 Å². The third kappa shape index (κ3) is 2.96. The second-order valence-electron chi connectivity index (χ2n) is 4.83. The summed E-state index contributed by atoms with van der Waals surface area (Å²) in [4.78, 5) is 0. The Balaban J connectivity index is 2.39. The van der Waals surface area contributed by atoms with Crippen LogP contribution in [0.5, 0.6) is 5.75 Å². The average Bonchev–Trinajstić information content (AvgIpc) is 2.43. The van der Waals surface area contributed by atoms with Crippen molar-refractivity contribution in [1.29, 1.82) is 0 Å². The van der Waals surface area contributed by atoms with E-state index in [1.807, 2.05) is 19.1 Å². The molecule has 1 nitrogen and oxygen atoms in total. The Hall–Kier alpha value is -1.54. The summed E-state index contributed by atoms with van der Waals surface area (Å²) < 4.78 is 13.0. The van der Waals surface area contributed by atoms with E-state index < -0.39 is 0 Å². The van der Waals surface area contributed by atoms with Crippen molar-refractivity contribution in [2.45, 2.75) is 33.1 Å². The quantitative estimate of drug-likeness (QED) is 0.850. The van der Waals surface area contributed by atoms with E-state index in [4.69, 9.17) is 11.6 Å². The minimum Gasteiger partial charge on any atom is -0.507 e. The molecule has 1 N–H and O–H groups in total. The lowest BCUT2D eigenvalue weighted by atomic mass is 9.95. The monoisotopic (exact) mass is 292 g/mol. The summed E-state index contributed by atoms with van der Waals surface area (Å²) in [6.07, 6.45) is 2.19. The van der Waals surface area contributed by atoms with Crippen LogP contribution in [0.15, 0.2) is 30.3 Å². The van der Waals surface area contributed by atoms with Gasteiger partial charge >= 0.3 is 0 Å². The smallest absolute Gasteiger partial charge is 0.124 e. The molecule has 0 radical (unpaired) electrons. The first kappa shape index (κ1) is 14.9. The molecule has 0 fully saturated rings. The number of rotatable bonds is 4. The van der Waals surface area contributed by atoms with Crippen LogP contribution in [0.25, 0.3) is 0 Å². The van der Waals surface area contributed by atoms with Crippen LogP contribution in [0.3, 0.4) is 0 Å². The summed E-state index contributed by atoms with van der Waals surface area (Å²) in [5, 5.41) is 10.8. The van der Waals surface area contributed by atoms with Crippen molar-refractivity contribution >= 4 is 11.6 Å². The molecule has 0 heterocycles. The van der Waals surface area contributed by atoms with E-state index in [2.05, 4.69) is 6.92 Å². The molecule has 2 rings (SSSR count). The first-order valence-corrected chi connectivity index (χ1v) is 7.21. The summed E-state index contributed by atoms with van der Waals surface area (Å²) in [6, 6.07) is 8.32. The van der Waals surface area contributed by atoms with Gasteiger partial charge in [0.2, 0.25) is 0 Å². The van der Waals surface area contributed by atoms with Gasteiger partial charge in [0, 0.05) is 11.4 Å². The molecular weight excluding hydrogens is 275 g/mol. The molecule has 0 aromatic heterocycles. The lowest BCUT2D eigenvalue weighted by Crippen LogP contribution is -1.97. The molecule has 0 aliphatic carbocycles. The molecule has 0 unspecified atom stereocenters. The maximum absolute atomic E-state index is 13.0. The maximum Gasteiger partial charge on any atom is 0.124 e. The molecule has 106 valence electrons. The Morgan fingerprint density at radius 1 is 1.00 bits per heavy atom. The van der Waals surface area contributed by atoms with E-state index in [0.29, 0.717) is 17.2 Å². The lowest BCUT2D eigenvalue weighted by Gasteiger charge is -2.13. The van der Waals surface area contributed by atoms with E-state index in [1.54, 1.807) is 6.07 Å². The van der Waals surface area contributed by atoms with Gasteiger partial charge in [-0.15, -0.1) is 0 Å². The molecule has 0 bridgehead atoms. The fraction of sp³-hybridized carbons (Fsp3) is 0.294. The molecule has 0 saturated heterocycles. The number of aromatic hydroxyl groups is 1. The van der Waals surface area contributed by atoms with E-state index in [0.717, 1.165) is 29.5 Å². The number of phenolic OH excluding ortho intramolecular Hbond substituents is 1. The van der Waals surface area contributed by atoms with Gasteiger partial charge in [0.25, 0.3) is 0 Å². The van der Waals surface area contributed by atoms with Gasteiger partial charge in [-0.3, -0.25) is 0 Å². The van der Waals surface area contributed by atoms with Crippen molar-refractivity contribution < 1.29 is 9.50 Å². The van der Waals surface area contributed by atoms with E-state index in [-0.39, 0.29) is 5.82 Å². The summed E-state index contributed by atoms with van der Waals surface area (Å²) in [7, 11) is 0. The van der Waals surface area contributed by atoms with E-state index in [1.165, 1.54) is 17.7 Å². The number of hydrogen-bond donors (Lipinski definition) is 1. The molecule has 0 aliphatic heterocycles. The Bertz CT molecular complexity index is 623. The lowest BCUT2D eigenvalue weighted by molar-refractivity contribution is 0.462. The van der Waals surface area contributed by atoms with Crippen molar-refractivity contribution in [3.05, 3.63) is 63.4 Å².